The molecule has 0 saturated heterocycles. The highest BCUT2D eigenvalue weighted by molar-refractivity contribution is 6.31. The standard InChI is InChI=1S/C16H11ClN2O.ClH/c17-12-3-6-14-15(7-8-18-16(14)9-12)19-13-4-1-11(10-20)2-5-13;/h1-10H,(H,18,19);1H. The Bertz CT molecular complexity index is 773. The minimum absolute atomic E-state index is 0. The minimum atomic E-state index is 0. The van der Waals surface area contributed by atoms with Gasteiger partial charge >= 0.3 is 0 Å². The molecule has 0 unspecified atom stereocenters. The molecule has 0 fully saturated rings. The zero-order valence-corrected chi connectivity index (χ0v) is 12.5. The second-order valence-corrected chi connectivity index (χ2v) is 4.82. The highest BCUT2D eigenvalue weighted by atomic mass is 35.5. The van der Waals surface area contributed by atoms with E-state index in [2.05, 4.69) is 10.3 Å². The normalized spacial score (nSPS) is 9.95. The predicted octanol–water partition coefficient (Wildman–Crippen LogP) is 4.87. The van der Waals surface area contributed by atoms with Gasteiger partial charge in [-0.1, -0.05) is 11.6 Å². The molecule has 21 heavy (non-hydrogen) atoms. The van der Waals surface area contributed by atoms with Crippen molar-refractivity contribution in [1.82, 2.24) is 4.98 Å². The second-order valence-electron chi connectivity index (χ2n) is 4.38. The number of hydrogen-bond donors (Lipinski definition) is 1. The molecule has 1 N–H and O–H groups in total. The molecule has 0 radical (unpaired) electrons. The summed E-state index contributed by atoms with van der Waals surface area (Å²) in [6.07, 6.45) is 2.56. The number of fused-ring (bicyclic) bond motifs is 1. The molecule has 0 aliphatic heterocycles. The van der Waals surface area contributed by atoms with Crippen molar-refractivity contribution in [3.05, 3.63) is 65.3 Å². The molecular formula is C16H12Cl2N2O. The van der Waals surface area contributed by atoms with Crippen LogP contribution in [0.1, 0.15) is 10.4 Å². The van der Waals surface area contributed by atoms with Crippen molar-refractivity contribution >= 4 is 52.6 Å². The van der Waals surface area contributed by atoms with Gasteiger partial charge in [0.15, 0.2) is 0 Å². The van der Waals surface area contributed by atoms with Gasteiger partial charge in [-0.2, -0.15) is 0 Å². The maximum atomic E-state index is 10.6. The van der Waals surface area contributed by atoms with Gasteiger partial charge in [0.2, 0.25) is 0 Å². The third kappa shape index (κ3) is 3.32. The van der Waals surface area contributed by atoms with E-state index in [1.807, 2.05) is 36.4 Å². The number of rotatable bonds is 3. The largest absolute Gasteiger partial charge is 0.355 e. The van der Waals surface area contributed by atoms with Crippen molar-refractivity contribution in [3.8, 4) is 0 Å². The molecule has 2 aromatic carbocycles. The van der Waals surface area contributed by atoms with Gasteiger partial charge in [-0.05, 0) is 48.5 Å². The van der Waals surface area contributed by atoms with Gasteiger partial charge in [-0.15, -0.1) is 12.4 Å². The smallest absolute Gasteiger partial charge is 0.150 e. The summed E-state index contributed by atoms with van der Waals surface area (Å²) in [7, 11) is 0. The molecule has 3 nitrogen and oxygen atoms in total. The Hall–Kier alpha value is -2.10. The molecular weight excluding hydrogens is 307 g/mol. The number of aldehydes is 1. The fraction of sp³-hybridized carbons (Fsp3) is 0. The van der Waals surface area contributed by atoms with Gasteiger partial charge in [0.05, 0.1) is 5.52 Å². The van der Waals surface area contributed by atoms with Crippen LogP contribution in [0.3, 0.4) is 0 Å². The fourth-order valence-corrected chi connectivity index (χ4v) is 2.20. The summed E-state index contributed by atoms with van der Waals surface area (Å²) in [6, 6.07) is 14.8. The topological polar surface area (TPSA) is 42.0 Å². The molecule has 5 heteroatoms. The lowest BCUT2D eigenvalue weighted by molar-refractivity contribution is 0.112. The number of pyridine rings is 1. The Morgan fingerprint density at radius 2 is 1.81 bits per heavy atom. The van der Waals surface area contributed by atoms with Crippen LogP contribution >= 0.6 is 24.0 Å². The quantitative estimate of drug-likeness (QED) is 0.701. The number of nitrogens with one attached hydrogen (secondary N) is 1. The first-order valence-corrected chi connectivity index (χ1v) is 6.50. The SMILES string of the molecule is Cl.O=Cc1ccc(Nc2ccnc3cc(Cl)ccc23)cc1. The molecule has 106 valence electrons. The van der Waals surface area contributed by atoms with E-state index in [0.29, 0.717) is 10.6 Å². The molecule has 3 aromatic rings. The van der Waals surface area contributed by atoms with Crippen molar-refractivity contribution in [2.45, 2.75) is 0 Å². The Balaban J connectivity index is 0.00000161. The van der Waals surface area contributed by atoms with Crippen molar-refractivity contribution in [1.29, 1.82) is 0 Å². The van der Waals surface area contributed by atoms with Gasteiger partial charge in [0.25, 0.3) is 0 Å². The average Bonchev–Trinajstić information content (AvgIpc) is 2.48. The highest BCUT2D eigenvalue weighted by Gasteiger charge is 2.03. The number of nitrogens with zero attached hydrogens (tertiary/aromatic N) is 1. The Morgan fingerprint density at radius 3 is 2.52 bits per heavy atom. The van der Waals surface area contributed by atoms with Crippen LogP contribution in [0, 0.1) is 0 Å². The van der Waals surface area contributed by atoms with Crippen LogP contribution in [0.4, 0.5) is 11.4 Å². The van der Waals surface area contributed by atoms with Gasteiger partial charge in [0.1, 0.15) is 6.29 Å². The third-order valence-corrected chi connectivity index (χ3v) is 3.27. The molecule has 1 heterocycles. The van der Waals surface area contributed by atoms with E-state index in [9.17, 15) is 4.79 Å². The number of aromatic nitrogens is 1. The molecule has 0 atom stereocenters. The number of benzene rings is 2. The van der Waals surface area contributed by atoms with E-state index < -0.39 is 0 Å². The number of carbonyl (C=O) groups is 1. The van der Waals surface area contributed by atoms with Gasteiger partial charge < -0.3 is 5.32 Å². The van der Waals surface area contributed by atoms with E-state index in [1.54, 1.807) is 18.3 Å². The van der Waals surface area contributed by atoms with Crippen LogP contribution in [0.5, 0.6) is 0 Å². The van der Waals surface area contributed by atoms with E-state index in [4.69, 9.17) is 11.6 Å². The zero-order valence-electron chi connectivity index (χ0n) is 10.9. The van der Waals surface area contributed by atoms with E-state index in [1.165, 1.54) is 0 Å². The summed E-state index contributed by atoms with van der Waals surface area (Å²) in [5, 5.41) is 4.98. The summed E-state index contributed by atoms with van der Waals surface area (Å²) < 4.78 is 0. The maximum absolute atomic E-state index is 10.6. The first kappa shape index (κ1) is 15.3. The van der Waals surface area contributed by atoms with Gasteiger partial charge in [-0.25, -0.2) is 0 Å². The summed E-state index contributed by atoms with van der Waals surface area (Å²) in [5.74, 6) is 0. The van der Waals surface area contributed by atoms with E-state index in [0.717, 1.165) is 28.6 Å². The van der Waals surface area contributed by atoms with Crippen LogP contribution in [0.2, 0.25) is 5.02 Å². The minimum Gasteiger partial charge on any atom is -0.355 e. The summed E-state index contributed by atoms with van der Waals surface area (Å²) >= 11 is 5.97. The van der Waals surface area contributed by atoms with Gasteiger partial charge in [0, 0.05) is 33.5 Å². The average molecular weight is 319 g/mol. The lowest BCUT2D eigenvalue weighted by Gasteiger charge is -2.09. The summed E-state index contributed by atoms with van der Waals surface area (Å²) in [6.45, 7) is 0. The van der Waals surface area contributed by atoms with Crippen LogP contribution in [-0.4, -0.2) is 11.3 Å². The summed E-state index contributed by atoms with van der Waals surface area (Å²) in [4.78, 5) is 14.9. The fourth-order valence-electron chi connectivity index (χ4n) is 2.03. The molecule has 0 spiro atoms. The maximum Gasteiger partial charge on any atom is 0.150 e. The molecule has 0 aliphatic rings. The molecule has 0 bridgehead atoms. The Labute approximate surface area is 133 Å². The van der Waals surface area contributed by atoms with Crippen LogP contribution in [0.25, 0.3) is 10.9 Å². The first-order chi connectivity index (χ1) is 9.76. The number of carbonyl (C=O) groups excluding carboxylic acids is 1. The van der Waals surface area contributed by atoms with E-state index in [-0.39, 0.29) is 12.4 Å². The monoisotopic (exact) mass is 318 g/mol. The van der Waals surface area contributed by atoms with Crippen molar-refractivity contribution in [2.75, 3.05) is 5.32 Å². The highest BCUT2D eigenvalue weighted by Crippen LogP contribution is 2.27. The summed E-state index contributed by atoms with van der Waals surface area (Å²) in [5.41, 5.74) is 3.36. The van der Waals surface area contributed by atoms with E-state index >= 15 is 0 Å². The lowest BCUT2D eigenvalue weighted by atomic mass is 10.1. The van der Waals surface area contributed by atoms with Crippen molar-refractivity contribution < 1.29 is 4.79 Å². The van der Waals surface area contributed by atoms with Crippen molar-refractivity contribution in [3.63, 3.8) is 0 Å². The Morgan fingerprint density at radius 1 is 1.05 bits per heavy atom. The van der Waals surface area contributed by atoms with Crippen molar-refractivity contribution in [2.24, 2.45) is 0 Å². The molecule has 0 amide bonds. The number of halogens is 2. The number of anilines is 2. The predicted molar refractivity (Wildman–Crippen MR) is 89.1 cm³/mol. The molecule has 1 aromatic heterocycles. The molecule has 0 saturated carbocycles. The molecule has 0 aliphatic carbocycles. The number of hydrogen-bond acceptors (Lipinski definition) is 3. The molecule has 3 rings (SSSR count). The van der Waals surface area contributed by atoms with Gasteiger partial charge in [-0.3, -0.25) is 9.78 Å². The Kier molecular flexibility index (Phi) is 4.78. The second kappa shape index (κ2) is 6.57. The lowest BCUT2D eigenvalue weighted by Crippen LogP contribution is -1.93. The van der Waals surface area contributed by atoms with Crippen LogP contribution < -0.4 is 5.32 Å². The third-order valence-electron chi connectivity index (χ3n) is 3.03. The van der Waals surface area contributed by atoms with Crippen LogP contribution in [-0.2, 0) is 0 Å². The van der Waals surface area contributed by atoms with Crippen LogP contribution in [0.15, 0.2) is 54.7 Å². The zero-order chi connectivity index (χ0) is 13.9. The first-order valence-electron chi connectivity index (χ1n) is 6.13.